The lowest BCUT2D eigenvalue weighted by Gasteiger charge is -2.26. The van der Waals surface area contributed by atoms with E-state index in [1.165, 1.54) is 0 Å². The van der Waals surface area contributed by atoms with Crippen molar-refractivity contribution in [3.63, 3.8) is 0 Å². The lowest BCUT2D eigenvalue weighted by atomic mass is 9.95. The Balaban J connectivity index is 1.30. The van der Waals surface area contributed by atoms with Crippen molar-refractivity contribution < 1.29 is 57.6 Å². The van der Waals surface area contributed by atoms with Crippen LogP contribution in [0, 0.1) is 0 Å². The van der Waals surface area contributed by atoms with Crippen molar-refractivity contribution in [1.82, 2.24) is 4.57 Å². The van der Waals surface area contributed by atoms with Crippen LogP contribution >= 0.6 is 0 Å². The molecule has 10 aromatic carbocycles. The normalized spacial score (nSPS) is 20.7. The zero-order chi connectivity index (χ0) is 77.8. The first-order chi connectivity index (χ1) is 48.2. The molecule has 0 aliphatic carbocycles. The van der Waals surface area contributed by atoms with Gasteiger partial charge >= 0.3 is 0 Å². The zero-order valence-corrected chi connectivity index (χ0v) is 30.9. The van der Waals surface area contributed by atoms with Crippen LogP contribution in [0.3, 0.4) is 0 Å². The Bertz CT molecular complexity index is 5660. The second-order valence-electron chi connectivity index (χ2n) is 12.5. The average Bonchev–Trinajstić information content (AvgIpc) is 1.42. The Kier molecular flexibility index (Phi) is 3.48. The van der Waals surface area contributed by atoms with E-state index in [4.69, 9.17) is 26.0 Å². The number of aromatic nitrogens is 1. The standard InChI is InChI=1S/C60H42N2/c1-4-15-43(16-5-1)45-29-31-46(32-30-45)48-35-39-54(40-36-48)61(53-37-33-47(34-38-53)44-17-6-2-7-18-44)55-24-13-20-50(42-55)49-19-12-21-51(41-49)56-26-14-28-59-60(56)57-25-10-11-27-58(57)62(59)52-22-8-3-9-23-52/h1-42H/i1D,2D,3D,4D,5D,6D,7D,8D,9D,10D,11D,12D,13D,14D,15D,16D,17D,18D,19D,20D,21D,22D,23D,24D,25D,26D,27D,28D,29D,30D,31D,32D,33D,34D,35D,36D,37D,38D,39D,40D,41D,42D. The highest BCUT2D eigenvalue weighted by Crippen LogP contribution is 2.41. The van der Waals surface area contributed by atoms with Gasteiger partial charge in [-0.25, -0.2) is 0 Å². The largest absolute Gasteiger partial charge is 0.310 e. The van der Waals surface area contributed by atoms with Gasteiger partial charge in [0.15, 0.2) is 0 Å². The van der Waals surface area contributed by atoms with Crippen LogP contribution in [0.5, 0.6) is 0 Å². The van der Waals surface area contributed by atoms with Gasteiger partial charge in [0, 0.05) is 33.5 Å². The van der Waals surface area contributed by atoms with E-state index in [1.807, 2.05) is 0 Å². The lowest BCUT2D eigenvalue weighted by molar-refractivity contribution is 1.18. The molecule has 0 unspecified atom stereocenters. The molecule has 0 amide bonds. The minimum Gasteiger partial charge on any atom is -0.310 e. The molecule has 11 rings (SSSR count). The highest BCUT2D eigenvalue weighted by molar-refractivity contribution is 6.15. The molecule has 0 saturated heterocycles. The van der Waals surface area contributed by atoms with Crippen molar-refractivity contribution >= 4 is 38.9 Å². The number of para-hydroxylation sites is 2. The molecule has 1 aromatic heterocycles. The summed E-state index contributed by atoms with van der Waals surface area (Å²) in [6, 6.07) is -49.6. The SMILES string of the molecule is [2H]c1c([2H])c([2H])c(-c2c([2H])c([2H])c(-c3c([2H])c([2H])c(N(c4c([2H])c([2H])c(-c5c([2H])c([2H])c([2H])c([2H])c5[2H])c([2H])c4[2H])c4c([2H])c([2H])c([2H])c(-c5c([2H])c([2H])c([2H])c(-c6c([2H])c([2H])c([2H])c7c6c6c([2H])c([2H])c([2H])c([2H])c6n7-c6c([2H])c([2H])c([2H])c([2H])c6[2H])c5[2H])c4[2H])c([2H])c3[2H])c([2H])c2[2H])c([2H])c1[2H]. The van der Waals surface area contributed by atoms with Crippen molar-refractivity contribution in [2.75, 3.05) is 4.90 Å². The smallest absolute Gasteiger partial charge is 0.0651 e. The van der Waals surface area contributed by atoms with Gasteiger partial charge in [-0.3, -0.25) is 0 Å². The molecule has 0 spiro atoms. The maximum Gasteiger partial charge on any atom is 0.0651 e. The number of anilines is 3. The predicted molar refractivity (Wildman–Crippen MR) is 263 cm³/mol. The second kappa shape index (κ2) is 16.1. The number of nitrogens with zero attached hydrogens (tertiary/aromatic N) is 2. The van der Waals surface area contributed by atoms with Gasteiger partial charge in [-0.2, -0.15) is 0 Å². The molecule has 62 heavy (non-hydrogen) atoms. The summed E-state index contributed by atoms with van der Waals surface area (Å²) in [7, 11) is 0. The lowest BCUT2D eigenvalue weighted by Crippen LogP contribution is -2.10. The topological polar surface area (TPSA) is 8.17 Å². The summed E-state index contributed by atoms with van der Waals surface area (Å²) in [5.41, 5.74) is -17.1. The van der Waals surface area contributed by atoms with E-state index in [-0.39, 0.29) is 4.90 Å². The first kappa shape index (κ1) is 13.4. The molecule has 1 heterocycles. The number of fused-ring (bicyclic) bond motifs is 3. The molecule has 2 nitrogen and oxygen atoms in total. The number of benzene rings is 10. The quantitative estimate of drug-likeness (QED) is 0.141. The first-order valence-corrected chi connectivity index (χ1v) is 17.8. The van der Waals surface area contributed by atoms with Crippen LogP contribution in [0.4, 0.5) is 17.1 Å². The van der Waals surface area contributed by atoms with Gasteiger partial charge in [0.25, 0.3) is 0 Å². The minimum absolute atomic E-state index is 0.138. The minimum atomic E-state index is -1.51. The summed E-state index contributed by atoms with van der Waals surface area (Å²) in [5.74, 6) is 0. The fraction of sp³-hybridized carbons (Fsp3) is 0. The molecule has 0 aliphatic heterocycles. The fourth-order valence-corrected chi connectivity index (χ4v) is 6.24. The summed E-state index contributed by atoms with van der Waals surface area (Å²) in [5, 5.41) is -1.54. The van der Waals surface area contributed by atoms with Crippen LogP contribution in [-0.4, -0.2) is 4.57 Å². The van der Waals surface area contributed by atoms with Gasteiger partial charge in [-0.15, -0.1) is 0 Å². The molecule has 0 aliphatic rings. The van der Waals surface area contributed by atoms with Gasteiger partial charge in [0.1, 0.15) is 0 Å². The highest BCUT2D eigenvalue weighted by Gasteiger charge is 2.18. The molecule has 11 aromatic rings. The molecule has 0 radical (unpaired) electrons. The Hall–Kier alpha value is -8.20. The molecular formula is C60H42N2. The van der Waals surface area contributed by atoms with Crippen LogP contribution in [0.25, 0.3) is 83.1 Å². The van der Waals surface area contributed by atoms with Crippen LogP contribution in [-0.2, 0) is 0 Å². The van der Waals surface area contributed by atoms with Gasteiger partial charge in [0.2, 0.25) is 0 Å². The van der Waals surface area contributed by atoms with Gasteiger partial charge in [-0.05, 0) is 122 Å². The van der Waals surface area contributed by atoms with E-state index >= 15 is 0 Å². The predicted octanol–water partition coefficient (Wildman–Crippen LogP) is 16.6. The van der Waals surface area contributed by atoms with E-state index in [9.17, 15) is 31.5 Å². The van der Waals surface area contributed by atoms with E-state index in [0.29, 0.717) is 4.57 Å². The Labute approximate surface area is 421 Å². The van der Waals surface area contributed by atoms with E-state index in [0.717, 1.165) is 0 Å². The first-order valence-electron chi connectivity index (χ1n) is 38.8. The molecule has 0 fully saturated rings. The van der Waals surface area contributed by atoms with Crippen molar-refractivity contribution in [3.05, 3.63) is 254 Å². The van der Waals surface area contributed by atoms with Crippen LogP contribution < -0.4 is 4.90 Å². The Morgan fingerprint density at radius 1 is 0.290 bits per heavy atom. The molecule has 0 bridgehead atoms. The fourth-order valence-electron chi connectivity index (χ4n) is 6.24. The molecule has 2 heteroatoms. The Morgan fingerprint density at radius 2 is 0.710 bits per heavy atom. The van der Waals surface area contributed by atoms with Crippen LogP contribution in [0.2, 0.25) is 0 Å². The van der Waals surface area contributed by atoms with E-state index < -0.39 is 354 Å². The molecule has 0 atom stereocenters. The van der Waals surface area contributed by atoms with Gasteiger partial charge in [-0.1, -0.05) is 187 Å². The van der Waals surface area contributed by atoms with Crippen molar-refractivity contribution in [3.8, 4) is 61.3 Å². The summed E-state index contributed by atoms with van der Waals surface area (Å²) >= 11 is 0. The summed E-state index contributed by atoms with van der Waals surface area (Å²) < 4.78 is 382. The van der Waals surface area contributed by atoms with Crippen molar-refractivity contribution in [2.45, 2.75) is 0 Å². The molecule has 0 N–H and O–H groups in total. The van der Waals surface area contributed by atoms with E-state index in [1.54, 1.807) is 0 Å². The second-order valence-corrected chi connectivity index (χ2v) is 12.5. The summed E-state index contributed by atoms with van der Waals surface area (Å²) in [6.45, 7) is 0. The molecule has 0 saturated carbocycles. The maximum absolute atomic E-state index is 10.2. The third kappa shape index (κ3) is 6.94. The third-order valence-electron chi connectivity index (χ3n) is 8.94. The van der Waals surface area contributed by atoms with Gasteiger partial charge < -0.3 is 9.47 Å². The summed E-state index contributed by atoms with van der Waals surface area (Å²) in [6.07, 6.45) is 0. The van der Waals surface area contributed by atoms with Crippen molar-refractivity contribution in [2.24, 2.45) is 0 Å². The molecular weight excluding hydrogens is 749 g/mol. The average molecular weight is 833 g/mol. The monoisotopic (exact) mass is 833 g/mol. The van der Waals surface area contributed by atoms with Crippen LogP contribution in [0.1, 0.15) is 57.6 Å². The molecule has 292 valence electrons. The van der Waals surface area contributed by atoms with Gasteiger partial charge in [0.05, 0.1) is 68.6 Å². The highest BCUT2D eigenvalue weighted by atomic mass is 15.1. The van der Waals surface area contributed by atoms with Crippen molar-refractivity contribution in [1.29, 1.82) is 0 Å². The van der Waals surface area contributed by atoms with Crippen LogP contribution in [0.15, 0.2) is 254 Å². The zero-order valence-electron chi connectivity index (χ0n) is 72.9. The number of rotatable bonds is 9. The number of hydrogen-bond acceptors (Lipinski definition) is 1. The summed E-state index contributed by atoms with van der Waals surface area (Å²) in [4.78, 5) is 0.138. The van der Waals surface area contributed by atoms with E-state index in [2.05, 4.69) is 0 Å². The maximum atomic E-state index is 10.2. The Morgan fingerprint density at radius 3 is 1.31 bits per heavy atom. The third-order valence-corrected chi connectivity index (χ3v) is 8.94. The number of hydrogen-bond donors (Lipinski definition) is 0.